The van der Waals surface area contributed by atoms with E-state index in [9.17, 15) is 9.90 Å². The number of carbonyl (C=O) groups excluding carboxylic acids is 1. The number of ether oxygens (including phenoxy) is 2. The van der Waals surface area contributed by atoms with Gasteiger partial charge >= 0.3 is 0 Å². The van der Waals surface area contributed by atoms with Crippen molar-refractivity contribution in [3.05, 3.63) is 22.7 Å². The summed E-state index contributed by atoms with van der Waals surface area (Å²) >= 11 is 6.20. The number of aliphatic hydroxyl groups excluding tert-OH is 1. The zero-order valence-corrected chi connectivity index (χ0v) is 16.9. The minimum atomic E-state index is -0.868. The average molecular weight is 419 g/mol. The highest BCUT2D eigenvalue weighted by molar-refractivity contribution is 6.32. The van der Waals surface area contributed by atoms with Crippen molar-refractivity contribution in [1.29, 1.82) is 0 Å². The highest BCUT2D eigenvalue weighted by atomic mass is 35.5. The Kier molecular flexibility index (Phi) is 8.04. The fourth-order valence-corrected chi connectivity index (χ4v) is 4.08. The van der Waals surface area contributed by atoms with Gasteiger partial charge in [-0.1, -0.05) is 30.9 Å². The summed E-state index contributed by atoms with van der Waals surface area (Å²) in [6.45, 7) is 1.55. The predicted molar refractivity (Wildman–Crippen MR) is 107 cm³/mol. The Morgan fingerprint density at radius 1 is 1.26 bits per heavy atom. The van der Waals surface area contributed by atoms with Crippen LogP contribution < -0.4 is 20.5 Å². The molecule has 6 nitrogen and oxygen atoms in total. The Hall–Kier alpha value is -1.21. The molecule has 2 aliphatic rings. The van der Waals surface area contributed by atoms with Gasteiger partial charge in [0.1, 0.15) is 13.2 Å². The molecule has 1 aromatic rings. The lowest BCUT2D eigenvalue weighted by Gasteiger charge is -2.35. The summed E-state index contributed by atoms with van der Waals surface area (Å²) in [6, 6.07) is 3.36. The van der Waals surface area contributed by atoms with Crippen LogP contribution in [-0.2, 0) is 4.79 Å². The second-order valence-corrected chi connectivity index (χ2v) is 7.70. The molecule has 3 rings (SSSR count). The van der Waals surface area contributed by atoms with E-state index in [2.05, 4.69) is 5.32 Å². The van der Waals surface area contributed by atoms with Gasteiger partial charge in [0.2, 0.25) is 5.91 Å². The quantitative estimate of drug-likeness (QED) is 0.659. The highest BCUT2D eigenvalue weighted by Crippen LogP contribution is 2.40. The molecule has 1 aromatic carbocycles. The molecule has 1 saturated carbocycles. The van der Waals surface area contributed by atoms with E-state index in [1.165, 1.54) is 6.42 Å². The smallest absolute Gasteiger partial charge is 0.220 e. The fourth-order valence-electron chi connectivity index (χ4n) is 3.81. The average Bonchev–Trinajstić information content (AvgIpc) is 2.67. The summed E-state index contributed by atoms with van der Waals surface area (Å²) in [7, 11) is 0. The van der Waals surface area contributed by atoms with Gasteiger partial charge in [0.05, 0.1) is 11.1 Å². The molecule has 8 heteroatoms. The van der Waals surface area contributed by atoms with Crippen molar-refractivity contribution in [3.8, 4) is 11.5 Å². The number of rotatable bonds is 6. The van der Waals surface area contributed by atoms with Crippen molar-refractivity contribution >= 4 is 29.9 Å². The summed E-state index contributed by atoms with van der Waals surface area (Å²) < 4.78 is 11.0. The van der Waals surface area contributed by atoms with Crippen LogP contribution in [0.1, 0.15) is 50.2 Å². The largest absolute Gasteiger partial charge is 0.486 e. The van der Waals surface area contributed by atoms with E-state index in [-0.39, 0.29) is 30.3 Å². The standard InChI is InChI=1S/C19H27ClN2O4.ClH/c20-14-8-13(9-16-18(14)26-7-6-25-16)15(23)11-22-17(24)10-19(12-21)4-2-1-3-5-19;/h8-9,15,23H,1-7,10-12,21H2,(H,22,24);1H. The maximum absolute atomic E-state index is 12.4. The first-order valence-electron chi connectivity index (χ1n) is 9.27. The number of carbonyl (C=O) groups is 1. The zero-order valence-electron chi connectivity index (χ0n) is 15.3. The van der Waals surface area contributed by atoms with E-state index >= 15 is 0 Å². The SMILES string of the molecule is Cl.NCC1(CC(=O)NCC(O)c2cc(Cl)c3c(c2)OCCO3)CCCCC1. The lowest BCUT2D eigenvalue weighted by atomic mass is 9.71. The summed E-state index contributed by atoms with van der Waals surface area (Å²) in [4.78, 5) is 12.4. The molecule has 0 saturated heterocycles. The summed E-state index contributed by atoms with van der Waals surface area (Å²) in [5, 5.41) is 13.7. The van der Waals surface area contributed by atoms with Crippen LogP contribution >= 0.6 is 24.0 Å². The Labute approximate surface area is 171 Å². The van der Waals surface area contributed by atoms with Crippen LogP contribution in [0.15, 0.2) is 12.1 Å². The first-order chi connectivity index (χ1) is 12.5. The van der Waals surface area contributed by atoms with Crippen LogP contribution in [0.3, 0.4) is 0 Å². The molecule has 1 aliphatic heterocycles. The van der Waals surface area contributed by atoms with Crippen molar-refractivity contribution in [2.45, 2.75) is 44.6 Å². The third-order valence-corrected chi connectivity index (χ3v) is 5.66. The fraction of sp³-hybridized carbons (Fsp3) is 0.632. The number of nitrogens with one attached hydrogen (secondary N) is 1. The molecule has 1 aliphatic carbocycles. The van der Waals surface area contributed by atoms with Gasteiger partial charge in [-0.3, -0.25) is 4.79 Å². The number of hydrogen-bond donors (Lipinski definition) is 3. The molecule has 152 valence electrons. The normalized spacial score (nSPS) is 18.9. The number of hydrogen-bond acceptors (Lipinski definition) is 5. The lowest BCUT2D eigenvalue weighted by Crippen LogP contribution is -2.39. The topological polar surface area (TPSA) is 93.8 Å². The second kappa shape index (κ2) is 9.82. The van der Waals surface area contributed by atoms with E-state index in [1.54, 1.807) is 12.1 Å². The van der Waals surface area contributed by atoms with Crippen LogP contribution in [0.4, 0.5) is 0 Å². The van der Waals surface area contributed by atoms with Gasteiger partial charge in [-0.25, -0.2) is 0 Å². The van der Waals surface area contributed by atoms with Gasteiger partial charge in [0, 0.05) is 13.0 Å². The Morgan fingerprint density at radius 3 is 2.67 bits per heavy atom. The zero-order chi connectivity index (χ0) is 18.6. The highest BCUT2D eigenvalue weighted by Gasteiger charge is 2.33. The molecule has 0 aromatic heterocycles. The molecule has 0 radical (unpaired) electrons. The predicted octanol–water partition coefficient (Wildman–Crippen LogP) is 2.98. The third-order valence-electron chi connectivity index (χ3n) is 5.38. The van der Waals surface area contributed by atoms with Gasteiger partial charge < -0.3 is 25.6 Å². The Balaban J connectivity index is 0.00000261. The monoisotopic (exact) mass is 418 g/mol. The first kappa shape index (κ1) is 22.1. The maximum atomic E-state index is 12.4. The van der Waals surface area contributed by atoms with Crippen LogP contribution in [0.2, 0.25) is 5.02 Å². The van der Waals surface area contributed by atoms with Gasteiger partial charge in [-0.15, -0.1) is 12.4 Å². The van der Waals surface area contributed by atoms with Crippen LogP contribution in [0.25, 0.3) is 0 Å². The molecule has 1 unspecified atom stereocenters. The third kappa shape index (κ3) is 5.41. The molecule has 1 fully saturated rings. The first-order valence-corrected chi connectivity index (χ1v) is 9.65. The van der Waals surface area contributed by atoms with Crippen molar-refractivity contribution in [2.75, 3.05) is 26.3 Å². The maximum Gasteiger partial charge on any atom is 0.220 e. The van der Waals surface area contributed by atoms with E-state index in [4.69, 9.17) is 26.8 Å². The van der Waals surface area contributed by atoms with Gasteiger partial charge in [0.25, 0.3) is 0 Å². The van der Waals surface area contributed by atoms with Crippen LogP contribution in [0.5, 0.6) is 11.5 Å². The molecule has 0 spiro atoms. The van der Waals surface area contributed by atoms with Gasteiger partial charge in [-0.2, -0.15) is 0 Å². The van der Waals surface area contributed by atoms with E-state index in [0.29, 0.717) is 48.3 Å². The van der Waals surface area contributed by atoms with Crippen LogP contribution in [0, 0.1) is 5.41 Å². The lowest BCUT2D eigenvalue weighted by molar-refractivity contribution is -0.124. The molecule has 1 amide bonds. The number of halogens is 2. The van der Waals surface area contributed by atoms with Crippen molar-refractivity contribution in [1.82, 2.24) is 5.32 Å². The Morgan fingerprint density at radius 2 is 1.96 bits per heavy atom. The molecule has 1 heterocycles. The van der Waals surface area contributed by atoms with E-state index in [1.807, 2.05) is 0 Å². The number of benzene rings is 1. The van der Waals surface area contributed by atoms with Crippen molar-refractivity contribution < 1.29 is 19.4 Å². The van der Waals surface area contributed by atoms with E-state index < -0.39 is 6.10 Å². The number of aliphatic hydroxyl groups is 1. The second-order valence-electron chi connectivity index (χ2n) is 7.29. The van der Waals surface area contributed by atoms with Crippen LogP contribution in [-0.4, -0.2) is 37.3 Å². The molecule has 27 heavy (non-hydrogen) atoms. The summed E-state index contributed by atoms with van der Waals surface area (Å²) in [5.41, 5.74) is 6.44. The minimum absolute atomic E-state index is 0. The van der Waals surface area contributed by atoms with Gasteiger partial charge in [0.15, 0.2) is 11.5 Å². The Bertz CT molecular complexity index is 651. The summed E-state index contributed by atoms with van der Waals surface area (Å²) in [6.07, 6.45) is 5.01. The molecular weight excluding hydrogens is 391 g/mol. The molecule has 1 atom stereocenters. The molecule has 4 N–H and O–H groups in total. The van der Waals surface area contributed by atoms with Gasteiger partial charge in [-0.05, 0) is 42.5 Å². The van der Waals surface area contributed by atoms with E-state index in [0.717, 1.165) is 25.7 Å². The minimum Gasteiger partial charge on any atom is -0.486 e. The van der Waals surface area contributed by atoms with Crippen molar-refractivity contribution in [3.63, 3.8) is 0 Å². The number of amides is 1. The number of nitrogens with two attached hydrogens (primary N) is 1. The van der Waals surface area contributed by atoms with Crippen molar-refractivity contribution in [2.24, 2.45) is 11.1 Å². The molecule has 0 bridgehead atoms. The summed E-state index contributed by atoms with van der Waals surface area (Å²) in [5.74, 6) is 0.952. The number of fused-ring (bicyclic) bond motifs is 1. The molecular formula is C19H28Cl2N2O4.